The van der Waals surface area contributed by atoms with Crippen LogP contribution >= 0.6 is 20.1 Å². The molecule has 2 nitrogen and oxygen atoms in total. The summed E-state index contributed by atoms with van der Waals surface area (Å²) in [5.74, 6) is 0. The summed E-state index contributed by atoms with van der Waals surface area (Å²) in [5, 5.41) is 11.2. The third-order valence-corrected chi connectivity index (χ3v) is 28.1. The number of fused-ring (bicyclic) bond motifs is 24. The first kappa shape index (κ1) is 44.4. The maximum absolute atomic E-state index is 7.22. The fraction of sp³-hybridized carbons (Fsp3) is 0.151. The molecule has 0 bridgehead atoms. The van der Waals surface area contributed by atoms with E-state index in [0.717, 1.165) is 27.4 Å². The topological polar surface area (TPSA) is 26.3 Å². The van der Waals surface area contributed by atoms with Crippen LogP contribution in [0.3, 0.4) is 0 Å². The lowest BCUT2D eigenvalue weighted by molar-refractivity contribution is 0.660. The molecule has 77 heavy (non-hydrogen) atoms. The zero-order valence-electron chi connectivity index (χ0n) is 44.7. The average Bonchev–Trinajstić information content (AvgIpc) is 2.97. The van der Waals surface area contributed by atoms with Gasteiger partial charge >= 0.3 is 0 Å². The minimum Gasteiger partial charge on any atom is -0.455 e. The molecule has 0 spiro atoms. The number of hydrogen-bond donors (Lipinski definition) is 0. The molecule has 4 heteroatoms. The number of benzene rings is 11. The van der Waals surface area contributed by atoms with Crippen molar-refractivity contribution in [2.45, 2.75) is 72.0 Å². The molecule has 5 heterocycles. The zero-order chi connectivity index (χ0) is 51.8. The smallest absolute Gasteiger partial charge is 0.144 e. The Balaban J connectivity index is 0.00000238. The van der Waals surface area contributed by atoms with E-state index in [0.29, 0.717) is 0 Å². The number of furan rings is 2. The Bertz CT molecular complexity index is 4910. The lowest BCUT2D eigenvalue weighted by Crippen LogP contribution is -2.15. The normalized spacial score (nSPS) is 20.6. The molecule has 5 aliphatic rings. The van der Waals surface area contributed by atoms with Crippen LogP contribution in [0.25, 0.3) is 132 Å². The minimum absolute atomic E-state index is 0.153. The van der Waals surface area contributed by atoms with E-state index in [1.807, 2.05) is 13.8 Å². The maximum atomic E-state index is 7.22. The van der Waals surface area contributed by atoms with E-state index in [-0.39, 0.29) is 10.8 Å². The van der Waals surface area contributed by atoms with Gasteiger partial charge in [-0.05, 0) is 137 Å². The van der Waals surface area contributed by atoms with Gasteiger partial charge in [0, 0.05) is 79.3 Å². The van der Waals surface area contributed by atoms with E-state index in [1.54, 1.807) is 9.79 Å². The monoisotopic (exact) mass is 1030 g/mol. The minimum atomic E-state index is -1.53. The summed E-state index contributed by atoms with van der Waals surface area (Å²) >= 11 is 0. The zero-order valence-corrected chi connectivity index (χ0v) is 46.3. The van der Waals surface area contributed by atoms with Crippen LogP contribution < -0.4 is 0 Å². The molecule has 13 aromatic rings. The standard InChI is InChI=1S/C71H50O2S2.C2H6/c1-70(2)52-31-25-38-15-7-9-17-42(38)60(52)44-27-23-40(33-54(44)70)50-35-59-64(67-62(50)46-19-11-13-21-56(46)73-67)49-30-29-48-63-58(74(5)37-75(59,6)69(49)68(48)74)36-51(66-65(63)47-20-12-14-22-57(47)72-66)41-24-28-45-55(34-41)71(3,4)53-32-26-39-16-8-10-18-43(39)61(45)53;1-2/h7-36H,37H2,1-6H3;1-2H3. The van der Waals surface area contributed by atoms with E-state index in [1.165, 1.54) is 142 Å². The predicted octanol–water partition coefficient (Wildman–Crippen LogP) is 21.4. The van der Waals surface area contributed by atoms with Gasteiger partial charge in [0.25, 0.3) is 0 Å². The van der Waals surface area contributed by atoms with Crippen LogP contribution in [0, 0.1) is 0 Å². The van der Waals surface area contributed by atoms with Crippen molar-refractivity contribution in [2.24, 2.45) is 0 Å². The fourth-order valence-electron chi connectivity index (χ4n) is 15.6. The van der Waals surface area contributed by atoms with Crippen molar-refractivity contribution in [1.82, 2.24) is 0 Å². The quantitative estimate of drug-likeness (QED) is 0.172. The van der Waals surface area contributed by atoms with Gasteiger partial charge in [0.1, 0.15) is 22.3 Å². The molecule has 2 aromatic heterocycles. The molecule has 18 rings (SSSR count). The first-order valence-electron chi connectivity index (χ1n) is 27.4. The molecular formula is C73H56O2S2. The Kier molecular flexibility index (Phi) is 8.43. The van der Waals surface area contributed by atoms with Crippen LogP contribution in [0.15, 0.2) is 210 Å². The van der Waals surface area contributed by atoms with Gasteiger partial charge in [0.2, 0.25) is 0 Å². The molecule has 2 aliphatic carbocycles. The van der Waals surface area contributed by atoms with Crippen molar-refractivity contribution in [3.63, 3.8) is 0 Å². The van der Waals surface area contributed by atoms with Crippen LogP contribution in [-0.2, 0) is 10.8 Å². The van der Waals surface area contributed by atoms with Gasteiger partial charge in [-0.1, -0.05) is 187 Å². The second kappa shape index (κ2) is 14.6. The lowest BCUT2D eigenvalue weighted by atomic mass is 9.81. The van der Waals surface area contributed by atoms with Crippen LogP contribution in [0.4, 0.5) is 0 Å². The highest BCUT2D eigenvalue weighted by molar-refractivity contribution is 8.51. The van der Waals surface area contributed by atoms with Gasteiger partial charge in [0.05, 0.1) is 0 Å². The highest BCUT2D eigenvalue weighted by Crippen LogP contribution is 2.90. The van der Waals surface area contributed by atoms with Gasteiger partial charge in [-0.2, -0.15) is 20.1 Å². The van der Waals surface area contributed by atoms with E-state index >= 15 is 0 Å². The van der Waals surface area contributed by atoms with Crippen molar-refractivity contribution >= 4 is 85.5 Å². The largest absolute Gasteiger partial charge is 0.455 e. The molecule has 0 saturated carbocycles. The summed E-state index contributed by atoms with van der Waals surface area (Å²) in [6.45, 7) is 13.6. The first-order chi connectivity index (χ1) is 37.4. The van der Waals surface area contributed by atoms with Gasteiger partial charge in [-0.3, -0.25) is 0 Å². The summed E-state index contributed by atoms with van der Waals surface area (Å²) in [7, 11) is -3.05. The second-order valence-electron chi connectivity index (χ2n) is 23.5. The third kappa shape index (κ3) is 5.23. The van der Waals surface area contributed by atoms with Crippen molar-refractivity contribution in [3.8, 4) is 66.8 Å². The average molecular weight is 1030 g/mol. The van der Waals surface area contributed by atoms with Crippen LogP contribution in [0.2, 0.25) is 0 Å². The maximum Gasteiger partial charge on any atom is 0.144 e. The number of rotatable bonds is 2. The highest BCUT2D eigenvalue weighted by atomic mass is 32.3. The van der Waals surface area contributed by atoms with Crippen molar-refractivity contribution in [3.05, 3.63) is 204 Å². The van der Waals surface area contributed by atoms with Crippen molar-refractivity contribution < 1.29 is 8.83 Å². The van der Waals surface area contributed by atoms with Gasteiger partial charge in [0.15, 0.2) is 0 Å². The van der Waals surface area contributed by atoms with Crippen LogP contribution in [-0.4, -0.2) is 17.6 Å². The van der Waals surface area contributed by atoms with E-state index < -0.39 is 20.1 Å². The first-order valence-corrected chi connectivity index (χ1v) is 31.9. The molecule has 0 radical (unpaired) electrons. The predicted molar refractivity (Wildman–Crippen MR) is 329 cm³/mol. The van der Waals surface area contributed by atoms with Gasteiger partial charge in [-0.15, -0.1) is 0 Å². The summed E-state index contributed by atoms with van der Waals surface area (Å²) in [6, 6.07) is 69.4. The second-order valence-corrected chi connectivity index (χ2v) is 30.5. The van der Waals surface area contributed by atoms with E-state index in [9.17, 15) is 0 Å². The summed E-state index contributed by atoms with van der Waals surface area (Å²) in [5.41, 5.74) is 25.1. The molecular weight excluding hydrogens is 973 g/mol. The van der Waals surface area contributed by atoms with Crippen molar-refractivity contribution in [1.29, 1.82) is 0 Å². The Morgan fingerprint density at radius 3 is 1.38 bits per heavy atom. The summed E-state index contributed by atoms with van der Waals surface area (Å²) in [4.78, 5) is 6.18. The van der Waals surface area contributed by atoms with Crippen LogP contribution in [0.1, 0.15) is 63.8 Å². The Labute approximate surface area is 452 Å². The number of para-hydroxylation sites is 2. The summed E-state index contributed by atoms with van der Waals surface area (Å²) < 4.78 is 14.3. The van der Waals surface area contributed by atoms with E-state index in [4.69, 9.17) is 8.83 Å². The molecule has 0 saturated heterocycles. The molecule has 372 valence electrons. The van der Waals surface area contributed by atoms with Gasteiger partial charge < -0.3 is 8.83 Å². The molecule has 2 atom stereocenters. The molecule has 2 unspecified atom stereocenters. The third-order valence-electron chi connectivity index (χ3n) is 19.0. The molecule has 3 aliphatic heterocycles. The molecule has 0 fully saturated rings. The summed E-state index contributed by atoms with van der Waals surface area (Å²) in [6.07, 6.45) is 5.31. The van der Waals surface area contributed by atoms with E-state index in [2.05, 4.69) is 222 Å². The Morgan fingerprint density at radius 2 is 0.805 bits per heavy atom. The Morgan fingerprint density at radius 1 is 0.364 bits per heavy atom. The Hall–Kier alpha value is -7.76. The lowest BCUT2D eigenvalue weighted by Gasteiger charge is -2.36. The SMILES string of the molecule is CC.CC1(C)c2cc(-c3cc4c(c5c3oc3ccccc35)-c3ccc5c6c3S4(C)CS6(C)c3cc(-c4ccc6c(c4)C(C)(C)c4ccc7ccccc7c4-6)c4c(oc6ccccc64)c3-5)ccc2-c2c1ccc1ccccc21. The highest BCUT2D eigenvalue weighted by Gasteiger charge is 2.55. The number of hydrogen-bond acceptors (Lipinski definition) is 2. The van der Waals surface area contributed by atoms with Crippen LogP contribution in [0.5, 0.6) is 0 Å². The molecule has 0 N–H and O–H groups in total. The van der Waals surface area contributed by atoms with Crippen molar-refractivity contribution in [2.75, 3.05) is 17.6 Å². The fourth-order valence-corrected chi connectivity index (χ4v) is 27.3. The van der Waals surface area contributed by atoms with Gasteiger partial charge in [-0.25, -0.2) is 0 Å². The molecule has 11 aromatic carbocycles. The molecule has 0 amide bonds.